The van der Waals surface area contributed by atoms with E-state index in [0.717, 1.165) is 29.4 Å². The third kappa shape index (κ3) is 5.46. The van der Waals surface area contributed by atoms with Crippen LogP contribution in [0.25, 0.3) is 0 Å². The average molecular weight is 459 g/mol. The van der Waals surface area contributed by atoms with Gasteiger partial charge < -0.3 is 23.7 Å². The highest BCUT2D eigenvalue weighted by atomic mass is 32.2. The van der Waals surface area contributed by atoms with Crippen molar-refractivity contribution in [1.82, 2.24) is 0 Å². The van der Waals surface area contributed by atoms with Crippen molar-refractivity contribution in [2.24, 2.45) is 5.92 Å². The lowest BCUT2D eigenvalue weighted by atomic mass is 9.86. The summed E-state index contributed by atoms with van der Waals surface area (Å²) in [4.78, 5) is 11.3. The summed E-state index contributed by atoms with van der Waals surface area (Å²) in [6.07, 6.45) is 4.92. The maximum Gasteiger partial charge on any atom is 0.330 e. The average Bonchev–Trinajstić information content (AvgIpc) is 3.56. The molecular formula is C25H30O6S. The Morgan fingerprint density at radius 1 is 1.25 bits per heavy atom. The molecule has 0 radical (unpaired) electrons. The van der Waals surface area contributed by atoms with Gasteiger partial charge in [-0.3, -0.25) is 0 Å². The first-order valence-corrected chi connectivity index (χ1v) is 12.1. The maximum absolute atomic E-state index is 11.3. The van der Waals surface area contributed by atoms with Crippen LogP contribution < -0.4 is 0 Å². The monoisotopic (exact) mass is 458 g/mol. The van der Waals surface area contributed by atoms with Crippen molar-refractivity contribution in [3.8, 4) is 0 Å². The Balaban J connectivity index is 1.42. The van der Waals surface area contributed by atoms with Crippen LogP contribution in [0.3, 0.4) is 0 Å². The fraction of sp³-hybridized carbons (Fsp3) is 0.480. The number of hydrogen-bond donors (Lipinski definition) is 1. The van der Waals surface area contributed by atoms with Crippen LogP contribution in [0.5, 0.6) is 0 Å². The molecule has 1 unspecified atom stereocenters. The molecule has 172 valence electrons. The number of rotatable bonds is 9. The topological polar surface area (TPSA) is 78.1 Å². The number of carbonyl (C=O) groups excluding carboxylic acids is 1. The van der Waals surface area contributed by atoms with Gasteiger partial charge >= 0.3 is 5.97 Å². The summed E-state index contributed by atoms with van der Waals surface area (Å²) in [6.45, 7) is 1.18. The number of ether oxygens (including phenoxy) is 3. The van der Waals surface area contributed by atoms with Gasteiger partial charge in [-0.2, -0.15) is 0 Å². The first-order chi connectivity index (χ1) is 15.6. The lowest BCUT2D eigenvalue weighted by Gasteiger charge is -2.32. The van der Waals surface area contributed by atoms with Crippen molar-refractivity contribution < 1.29 is 28.5 Å². The summed E-state index contributed by atoms with van der Waals surface area (Å²) >= 11 is 1.69. The standard InChI is InChI=1S/C25H30O6S/c1-28-23(27)11-8-19(26)7-9-21-20(13-14-25(21)29-15-16-30-25)22-10-12-24(31-22)32-17-18-5-3-2-4-6-18/h2-6,8,10-12,19-21,26H,7,9,13-17H2,1H3/b11-8-/t19?,20-,21+/m1/s1. The second-order valence-corrected chi connectivity index (χ2v) is 9.20. The SMILES string of the molecule is COC(=O)/C=C\C(O)CC[C@H]1[C@H](c2ccc(SCc3ccccc3)o2)CCC12OCCO2. The van der Waals surface area contributed by atoms with Crippen LogP contribution >= 0.6 is 11.8 Å². The molecule has 2 aliphatic rings. The molecule has 7 heteroatoms. The van der Waals surface area contributed by atoms with Crippen LogP contribution in [-0.4, -0.2) is 43.3 Å². The number of furan rings is 1. The van der Waals surface area contributed by atoms with Gasteiger partial charge in [-0.1, -0.05) is 42.1 Å². The highest BCUT2D eigenvalue weighted by Crippen LogP contribution is 2.53. The molecule has 1 saturated heterocycles. The van der Waals surface area contributed by atoms with Gasteiger partial charge in [0.25, 0.3) is 0 Å². The van der Waals surface area contributed by atoms with Crippen LogP contribution in [0.1, 0.15) is 42.9 Å². The lowest BCUT2D eigenvalue weighted by Crippen LogP contribution is -2.36. The zero-order chi connectivity index (χ0) is 22.4. The van der Waals surface area contributed by atoms with Crippen LogP contribution in [0.2, 0.25) is 0 Å². The van der Waals surface area contributed by atoms with E-state index < -0.39 is 17.9 Å². The van der Waals surface area contributed by atoms with E-state index >= 15 is 0 Å². The van der Waals surface area contributed by atoms with Crippen LogP contribution in [0.15, 0.2) is 64.1 Å². The van der Waals surface area contributed by atoms with Gasteiger partial charge in [0.05, 0.1) is 26.4 Å². The second-order valence-electron chi connectivity index (χ2n) is 8.22. The minimum atomic E-state index is -0.734. The first kappa shape index (κ1) is 23.1. The third-order valence-electron chi connectivity index (χ3n) is 6.25. The Kier molecular flexibility index (Phi) is 7.73. The van der Waals surface area contributed by atoms with E-state index in [1.165, 1.54) is 24.8 Å². The second kappa shape index (κ2) is 10.7. The van der Waals surface area contributed by atoms with Crippen molar-refractivity contribution in [3.63, 3.8) is 0 Å². The Morgan fingerprint density at radius 3 is 2.78 bits per heavy atom. The highest BCUT2D eigenvalue weighted by molar-refractivity contribution is 7.98. The van der Waals surface area contributed by atoms with E-state index in [9.17, 15) is 9.90 Å². The number of aliphatic hydroxyl groups is 1. The summed E-state index contributed by atoms with van der Waals surface area (Å²) in [5.74, 6) is 0.955. The van der Waals surface area contributed by atoms with E-state index in [-0.39, 0.29) is 11.8 Å². The summed E-state index contributed by atoms with van der Waals surface area (Å²) in [5, 5.41) is 11.2. The maximum atomic E-state index is 11.3. The highest BCUT2D eigenvalue weighted by Gasteiger charge is 2.53. The zero-order valence-electron chi connectivity index (χ0n) is 18.3. The molecule has 32 heavy (non-hydrogen) atoms. The molecule has 1 spiro atoms. The molecule has 1 N–H and O–H groups in total. The van der Waals surface area contributed by atoms with E-state index in [0.29, 0.717) is 26.1 Å². The van der Waals surface area contributed by atoms with Gasteiger partial charge in [-0.25, -0.2) is 4.79 Å². The quantitative estimate of drug-likeness (QED) is 0.332. The molecule has 2 aromatic rings. The predicted molar refractivity (Wildman–Crippen MR) is 121 cm³/mol. The molecule has 1 aromatic carbocycles. The lowest BCUT2D eigenvalue weighted by molar-refractivity contribution is -0.185. The van der Waals surface area contributed by atoms with Crippen molar-refractivity contribution in [1.29, 1.82) is 0 Å². The molecular weight excluding hydrogens is 428 g/mol. The van der Waals surface area contributed by atoms with Gasteiger partial charge in [0.1, 0.15) is 5.76 Å². The number of thioether (sulfide) groups is 1. The molecule has 3 atom stereocenters. The molecule has 1 saturated carbocycles. The van der Waals surface area contributed by atoms with Gasteiger partial charge in [0.15, 0.2) is 10.9 Å². The summed E-state index contributed by atoms with van der Waals surface area (Å²) in [6, 6.07) is 14.4. The largest absolute Gasteiger partial charge is 0.466 e. The van der Waals surface area contributed by atoms with E-state index in [4.69, 9.17) is 13.9 Å². The molecule has 1 aromatic heterocycles. The number of hydrogen-bond acceptors (Lipinski definition) is 7. The third-order valence-corrected chi connectivity index (χ3v) is 7.23. The number of methoxy groups -OCH3 is 1. The zero-order valence-corrected chi connectivity index (χ0v) is 19.1. The number of aliphatic hydroxyl groups excluding tert-OH is 1. The molecule has 1 aliphatic carbocycles. The molecule has 2 heterocycles. The molecule has 1 aliphatic heterocycles. The van der Waals surface area contributed by atoms with E-state index in [2.05, 4.69) is 22.9 Å². The molecule has 0 bridgehead atoms. The molecule has 6 nitrogen and oxygen atoms in total. The number of benzene rings is 1. The van der Waals surface area contributed by atoms with Crippen molar-refractivity contribution in [3.05, 3.63) is 65.9 Å². The minimum Gasteiger partial charge on any atom is -0.466 e. The Bertz CT molecular complexity index is 902. The number of carbonyl (C=O) groups is 1. The van der Waals surface area contributed by atoms with Crippen molar-refractivity contribution >= 4 is 17.7 Å². The first-order valence-electron chi connectivity index (χ1n) is 11.1. The van der Waals surface area contributed by atoms with Gasteiger partial charge in [-0.05, 0) is 43.0 Å². The van der Waals surface area contributed by atoms with Gasteiger partial charge in [-0.15, -0.1) is 0 Å². The number of esters is 1. The fourth-order valence-corrected chi connectivity index (χ4v) is 5.51. The Morgan fingerprint density at radius 2 is 2.03 bits per heavy atom. The fourth-order valence-electron chi connectivity index (χ4n) is 4.68. The van der Waals surface area contributed by atoms with Crippen molar-refractivity contribution in [2.45, 2.75) is 54.3 Å². The smallest absolute Gasteiger partial charge is 0.330 e. The van der Waals surface area contributed by atoms with Gasteiger partial charge in [0, 0.05) is 30.1 Å². The van der Waals surface area contributed by atoms with Gasteiger partial charge in [0.2, 0.25) is 0 Å². The Hall–Kier alpha value is -2.06. The van der Waals surface area contributed by atoms with E-state index in [1.807, 2.05) is 24.3 Å². The van der Waals surface area contributed by atoms with Crippen molar-refractivity contribution in [2.75, 3.05) is 20.3 Å². The molecule has 4 rings (SSSR count). The summed E-state index contributed by atoms with van der Waals surface area (Å²) in [5.41, 5.74) is 1.26. The van der Waals surface area contributed by atoms with E-state index in [1.54, 1.807) is 11.8 Å². The van der Waals surface area contributed by atoms with Crippen LogP contribution in [0, 0.1) is 5.92 Å². The van der Waals surface area contributed by atoms with Crippen LogP contribution in [0.4, 0.5) is 0 Å². The minimum absolute atomic E-state index is 0.0734. The van der Waals surface area contributed by atoms with Crippen LogP contribution in [-0.2, 0) is 24.8 Å². The summed E-state index contributed by atoms with van der Waals surface area (Å²) in [7, 11) is 1.32. The Labute approximate surface area is 192 Å². The molecule has 2 fully saturated rings. The molecule has 0 amide bonds. The summed E-state index contributed by atoms with van der Waals surface area (Å²) < 4.78 is 23.0. The predicted octanol–water partition coefficient (Wildman–Crippen LogP) is 4.68. The normalized spacial score (nSPS) is 23.2.